The van der Waals surface area contributed by atoms with Gasteiger partial charge in [-0.05, 0) is 51.8 Å². The van der Waals surface area contributed by atoms with E-state index in [1.807, 2.05) is 57.5 Å². The molecular weight excluding hydrogens is 458 g/mol. The van der Waals surface area contributed by atoms with Crippen molar-refractivity contribution in [1.29, 1.82) is 0 Å². The van der Waals surface area contributed by atoms with Crippen molar-refractivity contribution in [2.24, 2.45) is 0 Å². The first-order valence-corrected chi connectivity index (χ1v) is 12.4. The second-order valence-corrected chi connectivity index (χ2v) is 10.9. The van der Waals surface area contributed by atoms with Crippen molar-refractivity contribution in [3.05, 3.63) is 79.2 Å². The van der Waals surface area contributed by atoms with Crippen LogP contribution in [0.4, 0.5) is 0 Å². The van der Waals surface area contributed by atoms with Gasteiger partial charge in [0.1, 0.15) is 18.3 Å². The molecular formula is C27H31N5O2S. The summed E-state index contributed by atoms with van der Waals surface area (Å²) < 4.78 is 7.52. The molecule has 7 nitrogen and oxygen atoms in total. The maximum Gasteiger partial charge on any atom is 0.264 e. The molecule has 1 aromatic carbocycles. The maximum absolute atomic E-state index is 13.5. The first-order chi connectivity index (χ1) is 16.5. The Bertz CT molecular complexity index is 1460. The van der Waals surface area contributed by atoms with Gasteiger partial charge in [0.05, 0.1) is 27.6 Å². The van der Waals surface area contributed by atoms with Gasteiger partial charge in [-0.25, -0.2) is 15.0 Å². The summed E-state index contributed by atoms with van der Waals surface area (Å²) in [5.41, 5.74) is 5.47. The molecule has 0 aliphatic heterocycles. The first-order valence-electron chi connectivity index (χ1n) is 11.5. The molecule has 4 rings (SSSR count). The Hall–Kier alpha value is -3.39. The predicted octanol–water partition coefficient (Wildman–Crippen LogP) is 5.56. The molecule has 35 heavy (non-hydrogen) atoms. The number of thiazole rings is 1. The van der Waals surface area contributed by atoms with Crippen LogP contribution in [-0.2, 0) is 12.0 Å². The van der Waals surface area contributed by atoms with E-state index in [1.54, 1.807) is 22.8 Å². The summed E-state index contributed by atoms with van der Waals surface area (Å²) in [6.07, 6.45) is 1.86. The molecule has 0 spiro atoms. The van der Waals surface area contributed by atoms with Crippen molar-refractivity contribution >= 4 is 11.3 Å². The molecule has 0 saturated heterocycles. The highest BCUT2D eigenvalue weighted by atomic mass is 32.1. The van der Waals surface area contributed by atoms with E-state index >= 15 is 0 Å². The third-order valence-electron chi connectivity index (χ3n) is 5.82. The number of rotatable bonds is 5. The van der Waals surface area contributed by atoms with E-state index in [-0.39, 0.29) is 17.6 Å². The van der Waals surface area contributed by atoms with Gasteiger partial charge in [0, 0.05) is 22.6 Å². The zero-order chi connectivity index (χ0) is 25.5. The summed E-state index contributed by atoms with van der Waals surface area (Å²) >= 11 is 1.57. The van der Waals surface area contributed by atoms with Crippen LogP contribution < -0.4 is 10.3 Å². The first kappa shape index (κ1) is 24.7. The highest BCUT2D eigenvalue weighted by Gasteiger charge is 2.20. The average Bonchev–Trinajstić information content (AvgIpc) is 3.21. The molecule has 0 aliphatic rings. The molecule has 0 aliphatic carbocycles. The van der Waals surface area contributed by atoms with Gasteiger partial charge in [-0.1, -0.05) is 32.9 Å². The monoisotopic (exact) mass is 489 g/mol. The van der Waals surface area contributed by atoms with Crippen molar-refractivity contribution in [2.75, 3.05) is 0 Å². The minimum absolute atomic E-state index is 0.156. The molecule has 0 bridgehead atoms. The molecule has 0 radical (unpaired) electrons. The van der Waals surface area contributed by atoms with E-state index in [9.17, 15) is 4.79 Å². The lowest BCUT2D eigenvalue weighted by molar-refractivity contribution is 0.285. The van der Waals surface area contributed by atoms with Gasteiger partial charge < -0.3 is 4.74 Å². The average molecular weight is 490 g/mol. The highest BCUT2D eigenvalue weighted by Crippen LogP contribution is 2.28. The van der Waals surface area contributed by atoms with E-state index < -0.39 is 0 Å². The Morgan fingerprint density at radius 2 is 1.74 bits per heavy atom. The van der Waals surface area contributed by atoms with Crippen molar-refractivity contribution in [1.82, 2.24) is 24.5 Å². The normalized spacial score (nSPS) is 11.7. The van der Waals surface area contributed by atoms with Crippen molar-refractivity contribution in [2.45, 2.75) is 67.4 Å². The van der Waals surface area contributed by atoms with Gasteiger partial charge in [0.2, 0.25) is 5.88 Å². The number of hydrogen-bond donors (Lipinski definition) is 0. The number of aryl methyl sites for hydroxylation is 4. The van der Waals surface area contributed by atoms with Crippen LogP contribution in [0.2, 0.25) is 0 Å². The molecule has 4 aromatic rings. The Morgan fingerprint density at radius 1 is 1.00 bits per heavy atom. The molecule has 0 N–H and O–H groups in total. The summed E-state index contributed by atoms with van der Waals surface area (Å²) in [7, 11) is 0. The van der Waals surface area contributed by atoms with Gasteiger partial charge in [-0.15, -0.1) is 11.3 Å². The van der Waals surface area contributed by atoms with Crippen LogP contribution in [0.3, 0.4) is 0 Å². The second-order valence-electron chi connectivity index (χ2n) is 9.85. The van der Waals surface area contributed by atoms with Crippen molar-refractivity contribution in [3.63, 3.8) is 0 Å². The number of benzene rings is 1. The van der Waals surface area contributed by atoms with Gasteiger partial charge in [0.25, 0.3) is 5.56 Å². The van der Waals surface area contributed by atoms with Gasteiger partial charge >= 0.3 is 0 Å². The Balaban J connectivity index is 1.76. The summed E-state index contributed by atoms with van der Waals surface area (Å²) in [6, 6.07) is 6.05. The summed E-state index contributed by atoms with van der Waals surface area (Å²) in [5.74, 6) is 1.67. The Labute approximate surface area is 209 Å². The Morgan fingerprint density at radius 3 is 2.40 bits per heavy atom. The lowest BCUT2D eigenvalue weighted by Crippen LogP contribution is -2.26. The standard InChI is InChI=1S/C27H31N5O2S/c1-15-9-10-20(23-16(2)12-28-26(31-23)27(6,7)8)11-22(15)32-18(4)29-24(17(3)25(32)33)34-13-21-14-35-19(5)30-21/h9-12,14H,13H2,1-8H3. The number of nitrogens with zero attached hydrogens (tertiary/aromatic N) is 5. The molecule has 182 valence electrons. The lowest BCUT2D eigenvalue weighted by atomic mass is 9.95. The lowest BCUT2D eigenvalue weighted by Gasteiger charge is -2.19. The van der Waals surface area contributed by atoms with Crippen LogP contribution in [-0.4, -0.2) is 24.5 Å². The van der Waals surface area contributed by atoms with E-state index in [0.29, 0.717) is 17.3 Å². The molecule has 0 unspecified atom stereocenters. The number of aromatic nitrogens is 5. The van der Waals surface area contributed by atoms with Crippen LogP contribution in [0.1, 0.15) is 59.8 Å². The van der Waals surface area contributed by atoms with Gasteiger partial charge in [-0.3, -0.25) is 9.36 Å². The number of hydrogen-bond acceptors (Lipinski definition) is 7. The second kappa shape index (κ2) is 9.34. The molecule has 0 amide bonds. The molecule has 3 aromatic heterocycles. The van der Waals surface area contributed by atoms with Gasteiger partial charge in [-0.2, -0.15) is 4.98 Å². The Kier molecular flexibility index (Phi) is 6.60. The van der Waals surface area contributed by atoms with Crippen LogP contribution in [0.5, 0.6) is 5.88 Å². The van der Waals surface area contributed by atoms with Crippen LogP contribution in [0, 0.1) is 34.6 Å². The fourth-order valence-electron chi connectivity index (χ4n) is 3.82. The SMILES string of the molecule is Cc1nc(COc2nc(C)n(-c3cc(-c4nc(C(C)(C)C)ncc4C)ccc3C)c(=O)c2C)cs1. The zero-order valence-electron chi connectivity index (χ0n) is 21.6. The third-order valence-corrected chi connectivity index (χ3v) is 6.64. The minimum Gasteiger partial charge on any atom is -0.471 e. The zero-order valence-corrected chi connectivity index (χ0v) is 22.4. The van der Waals surface area contributed by atoms with E-state index in [1.165, 1.54) is 0 Å². The topological polar surface area (TPSA) is 82.8 Å². The van der Waals surface area contributed by atoms with E-state index in [0.717, 1.165) is 44.6 Å². The fraction of sp³-hybridized carbons (Fsp3) is 0.370. The minimum atomic E-state index is -0.169. The molecule has 0 fully saturated rings. The molecule has 8 heteroatoms. The third kappa shape index (κ3) is 5.03. The van der Waals surface area contributed by atoms with E-state index in [4.69, 9.17) is 9.72 Å². The van der Waals surface area contributed by atoms with Crippen LogP contribution in [0.15, 0.2) is 34.6 Å². The number of ether oxygens (including phenoxy) is 1. The predicted molar refractivity (Wildman–Crippen MR) is 140 cm³/mol. The molecule has 0 saturated carbocycles. The van der Waals surface area contributed by atoms with Gasteiger partial charge in [0.15, 0.2) is 0 Å². The van der Waals surface area contributed by atoms with Crippen LogP contribution >= 0.6 is 11.3 Å². The largest absolute Gasteiger partial charge is 0.471 e. The van der Waals surface area contributed by atoms with Crippen molar-refractivity contribution < 1.29 is 4.74 Å². The van der Waals surface area contributed by atoms with Crippen molar-refractivity contribution in [3.8, 4) is 22.8 Å². The summed E-state index contributed by atoms with van der Waals surface area (Å²) in [5, 5.41) is 2.93. The summed E-state index contributed by atoms with van der Waals surface area (Å²) in [6.45, 7) is 16.1. The highest BCUT2D eigenvalue weighted by molar-refractivity contribution is 7.09. The quantitative estimate of drug-likeness (QED) is 0.365. The van der Waals surface area contributed by atoms with E-state index in [2.05, 4.69) is 35.7 Å². The fourth-order valence-corrected chi connectivity index (χ4v) is 4.42. The molecule has 0 atom stereocenters. The summed E-state index contributed by atoms with van der Waals surface area (Å²) in [4.78, 5) is 31.9. The van der Waals surface area contributed by atoms with Crippen LogP contribution in [0.25, 0.3) is 16.9 Å². The molecule has 3 heterocycles. The maximum atomic E-state index is 13.5. The smallest absolute Gasteiger partial charge is 0.264 e.